The molecule has 1 rings (SSSR count). The van der Waals surface area contributed by atoms with Gasteiger partial charge in [-0.15, -0.1) is 0 Å². The van der Waals surface area contributed by atoms with E-state index in [1.165, 1.54) is 0 Å². The fraction of sp³-hybridized carbons (Fsp3) is 0.333. The van der Waals surface area contributed by atoms with Gasteiger partial charge in [0.25, 0.3) is 5.91 Å². The monoisotopic (exact) mass is 253 g/mol. The SMILES string of the molecule is CCON(C(=O)c1ccccc1)C(CO)C(=O)O. The highest BCUT2D eigenvalue weighted by Gasteiger charge is 2.30. The number of carboxylic acids is 1. The number of nitrogens with zero attached hydrogens (tertiary/aromatic N) is 1. The first-order chi connectivity index (χ1) is 8.61. The Balaban J connectivity index is 2.97. The maximum atomic E-state index is 12.1. The normalized spacial score (nSPS) is 11.9. The van der Waals surface area contributed by atoms with E-state index in [0.717, 1.165) is 0 Å². The van der Waals surface area contributed by atoms with Crippen LogP contribution in [-0.4, -0.2) is 46.4 Å². The number of aliphatic carboxylic acids is 1. The summed E-state index contributed by atoms with van der Waals surface area (Å²) in [5, 5.41) is 18.7. The molecule has 0 aliphatic rings. The van der Waals surface area contributed by atoms with Gasteiger partial charge in [-0.25, -0.2) is 9.86 Å². The lowest BCUT2D eigenvalue weighted by molar-refractivity contribution is -0.178. The fourth-order valence-corrected chi connectivity index (χ4v) is 1.39. The van der Waals surface area contributed by atoms with Crippen LogP contribution >= 0.6 is 0 Å². The quantitative estimate of drug-likeness (QED) is 0.722. The molecule has 18 heavy (non-hydrogen) atoms. The third-order valence-corrected chi connectivity index (χ3v) is 2.23. The summed E-state index contributed by atoms with van der Waals surface area (Å²) in [6.45, 7) is 1.04. The molecule has 0 aromatic heterocycles. The van der Waals surface area contributed by atoms with E-state index in [0.29, 0.717) is 10.6 Å². The zero-order valence-corrected chi connectivity index (χ0v) is 9.94. The number of aliphatic hydroxyl groups excluding tert-OH is 1. The Morgan fingerprint density at radius 1 is 1.33 bits per heavy atom. The number of hydrogen-bond donors (Lipinski definition) is 2. The maximum Gasteiger partial charge on any atom is 0.331 e. The summed E-state index contributed by atoms with van der Waals surface area (Å²) >= 11 is 0. The summed E-state index contributed by atoms with van der Waals surface area (Å²) < 4.78 is 0. The Kier molecular flexibility index (Phi) is 5.29. The molecule has 2 N–H and O–H groups in total. The number of hydroxylamine groups is 2. The predicted molar refractivity (Wildman–Crippen MR) is 62.7 cm³/mol. The number of carbonyl (C=O) groups is 2. The highest BCUT2D eigenvalue weighted by Crippen LogP contribution is 2.09. The predicted octanol–water partition coefficient (Wildman–Crippen LogP) is 0.526. The number of carbonyl (C=O) groups excluding carboxylic acids is 1. The van der Waals surface area contributed by atoms with E-state index in [-0.39, 0.29) is 6.61 Å². The Morgan fingerprint density at radius 3 is 2.39 bits per heavy atom. The fourth-order valence-electron chi connectivity index (χ4n) is 1.39. The smallest absolute Gasteiger partial charge is 0.331 e. The average Bonchev–Trinajstić information content (AvgIpc) is 2.38. The lowest BCUT2D eigenvalue weighted by Gasteiger charge is -2.26. The Morgan fingerprint density at radius 2 is 1.94 bits per heavy atom. The van der Waals surface area contributed by atoms with E-state index in [4.69, 9.17) is 15.1 Å². The van der Waals surface area contributed by atoms with E-state index in [2.05, 4.69) is 0 Å². The van der Waals surface area contributed by atoms with Gasteiger partial charge in [0, 0.05) is 5.56 Å². The van der Waals surface area contributed by atoms with Crippen LogP contribution in [0.4, 0.5) is 0 Å². The van der Waals surface area contributed by atoms with Crippen molar-refractivity contribution in [1.82, 2.24) is 5.06 Å². The lowest BCUT2D eigenvalue weighted by Crippen LogP contribution is -2.47. The number of aliphatic hydroxyl groups is 1. The minimum atomic E-state index is -1.42. The van der Waals surface area contributed by atoms with E-state index in [1.54, 1.807) is 37.3 Å². The molecule has 1 amide bonds. The second-order valence-corrected chi connectivity index (χ2v) is 3.45. The summed E-state index contributed by atoms with van der Waals surface area (Å²) in [4.78, 5) is 28.0. The molecule has 6 nitrogen and oxygen atoms in total. The van der Waals surface area contributed by atoms with Crippen molar-refractivity contribution in [2.75, 3.05) is 13.2 Å². The number of benzene rings is 1. The van der Waals surface area contributed by atoms with Gasteiger partial charge in [0.05, 0.1) is 13.2 Å². The van der Waals surface area contributed by atoms with Crippen LogP contribution in [0.3, 0.4) is 0 Å². The van der Waals surface area contributed by atoms with Crippen LogP contribution in [0.5, 0.6) is 0 Å². The first-order valence-corrected chi connectivity index (χ1v) is 5.47. The molecule has 0 bridgehead atoms. The van der Waals surface area contributed by atoms with Crippen LogP contribution < -0.4 is 0 Å². The van der Waals surface area contributed by atoms with E-state index < -0.39 is 24.5 Å². The summed E-state index contributed by atoms with van der Waals surface area (Å²) in [6.07, 6.45) is 0. The minimum absolute atomic E-state index is 0.127. The van der Waals surface area contributed by atoms with Gasteiger partial charge in [0.1, 0.15) is 0 Å². The van der Waals surface area contributed by atoms with Gasteiger partial charge in [-0.2, -0.15) is 0 Å². The molecule has 0 saturated carbocycles. The molecule has 1 aromatic rings. The standard InChI is InChI=1S/C12H15NO5/c1-2-18-13(10(8-14)12(16)17)11(15)9-6-4-3-5-7-9/h3-7,10,14H,2,8H2,1H3,(H,16,17). The first-order valence-electron chi connectivity index (χ1n) is 5.47. The molecule has 0 fully saturated rings. The molecular weight excluding hydrogens is 238 g/mol. The molecular formula is C12H15NO5. The molecule has 0 spiro atoms. The van der Waals surface area contributed by atoms with Crippen LogP contribution in [0.25, 0.3) is 0 Å². The van der Waals surface area contributed by atoms with E-state index >= 15 is 0 Å². The van der Waals surface area contributed by atoms with Gasteiger partial charge in [-0.1, -0.05) is 18.2 Å². The van der Waals surface area contributed by atoms with Crippen molar-refractivity contribution in [3.63, 3.8) is 0 Å². The Hall–Kier alpha value is -1.92. The van der Waals surface area contributed by atoms with E-state index in [1.807, 2.05) is 0 Å². The molecule has 1 atom stereocenters. The maximum absolute atomic E-state index is 12.1. The molecule has 6 heteroatoms. The number of hydrogen-bond acceptors (Lipinski definition) is 4. The van der Waals surface area contributed by atoms with Gasteiger partial charge in [0.15, 0.2) is 6.04 Å². The lowest BCUT2D eigenvalue weighted by atomic mass is 10.2. The topological polar surface area (TPSA) is 87.1 Å². The van der Waals surface area contributed by atoms with Gasteiger partial charge >= 0.3 is 5.97 Å². The summed E-state index contributed by atoms with van der Waals surface area (Å²) in [6, 6.07) is 6.73. The zero-order valence-electron chi connectivity index (χ0n) is 9.94. The first kappa shape index (κ1) is 14.1. The van der Waals surface area contributed by atoms with Crippen LogP contribution in [0, 0.1) is 0 Å². The van der Waals surface area contributed by atoms with Crippen molar-refractivity contribution in [2.24, 2.45) is 0 Å². The van der Waals surface area contributed by atoms with Crippen molar-refractivity contribution < 1.29 is 24.6 Å². The highest BCUT2D eigenvalue weighted by molar-refractivity contribution is 5.95. The molecule has 0 heterocycles. The molecule has 98 valence electrons. The third kappa shape index (κ3) is 3.28. The van der Waals surface area contributed by atoms with Crippen molar-refractivity contribution >= 4 is 11.9 Å². The Labute approximate surface area is 104 Å². The second-order valence-electron chi connectivity index (χ2n) is 3.45. The highest BCUT2D eigenvalue weighted by atomic mass is 16.7. The molecule has 0 saturated heterocycles. The van der Waals surface area contributed by atoms with Crippen LogP contribution in [0.15, 0.2) is 30.3 Å². The van der Waals surface area contributed by atoms with Crippen LogP contribution in [0.1, 0.15) is 17.3 Å². The van der Waals surface area contributed by atoms with Gasteiger partial charge in [-0.05, 0) is 19.1 Å². The minimum Gasteiger partial charge on any atom is -0.480 e. The molecule has 0 radical (unpaired) electrons. The number of carboxylic acid groups (broad SMARTS) is 1. The Bertz CT molecular complexity index is 406. The van der Waals surface area contributed by atoms with Gasteiger partial charge < -0.3 is 10.2 Å². The van der Waals surface area contributed by atoms with E-state index in [9.17, 15) is 9.59 Å². The molecule has 0 aliphatic carbocycles. The van der Waals surface area contributed by atoms with Crippen molar-refractivity contribution in [3.8, 4) is 0 Å². The van der Waals surface area contributed by atoms with Gasteiger partial charge in [0.2, 0.25) is 0 Å². The van der Waals surface area contributed by atoms with Crippen LogP contribution in [0.2, 0.25) is 0 Å². The second kappa shape index (κ2) is 6.73. The molecule has 1 unspecified atom stereocenters. The number of rotatable bonds is 6. The average molecular weight is 253 g/mol. The van der Waals surface area contributed by atoms with Gasteiger partial charge in [-0.3, -0.25) is 9.63 Å². The van der Waals surface area contributed by atoms with Crippen LogP contribution in [-0.2, 0) is 9.63 Å². The summed E-state index contributed by atoms with van der Waals surface area (Å²) in [5.74, 6) is -1.92. The van der Waals surface area contributed by atoms with Crippen molar-refractivity contribution in [2.45, 2.75) is 13.0 Å². The largest absolute Gasteiger partial charge is 0.480 e. The molecule has 1 aromatic carbocycles. The van der Waals surface area contributed by atoms with Crippen molar-refractivity contribution in [3.05, 3.63) is 35.9 Å². The third-order valence-electron chi connectivity index (χ3n) is 2.23. The van der Waals surface area contributed by atoms with Crippen molar-refractivity contribution in [1.29, 1.82) is 0 Å². The number of amides is 1. The molecule has 0 aliphatic heterocycles. The zero-order chi connectivity index (χ0) is 13.5. The summed E-state index contributed by atoms with van der Waals surface area (Å²) in [7, 11) is 0. The summed E-state index contributed by atoms with van der Waals surface area (Å²) in [5.41, 5.74) is 0.297.